The van der Waals surface area contributed by atoms with Crippen LogP contribution in [0.5, 0.6) is 0 Å². The zero-order chi connectivity index (χ0) is 16.9. The summed E-state index contributed by atoms with van der Waals surface area (Å²) in [5.74, 6) is 0.0784. The minimum absolute atomic E-state index is 0.0784. The summed E-state index contributed by atoms with van der Waals surface area (Å²) in [7, 11) is 2.14. The quantitative estimate of drug-likeness (QED) is 0.795. The maximum absolute atomic E-state index is 12.6. The molecular weight excluding hydrogens is 304 g/mol. The molecule has 2 aliphatic heterocycles. The second-order valence-electron chi connectivity index (χ2n) is 6.55. The maximum atomic E-state index is 12.6. The predicted molar refractivity (Wildman–Crippen MR) is 94.2 cm³/mol. The molecule has 2 fully saturated rings. The third-order valence-corrected chi connectivity index (χ3v) is 4.93. The summed E-state index contributed by atoms with van der Waals surface area (Å²) in [6, 6.07) is 7.97. The number of piperazine rings is 2. The SMILES string of the molecule is CN1CCN(c2ccc(C(=O)N3CCN(C[C]=O)CC3)cc2)CC1. The predicted octanol–water partition coefficient (Wildman–Crippen LogP) is 0.306. The molecular formula is C18H25N4O2. The number of hydrogen-bond acceptors (Lipinski definition) is 5. The monoisotopic (exact) mass is 329 g/mol. The van der Waals surface area contributed by atoms with Gasteiger partial charge in [0.1, 0.15) is 0 Å². The van der Waals surface area contributed by atoms with Gasteiger partial charge in [-0.1, -0.05) is 0 Å². The highest BCUT2D eigenvalue weighted by Crippen LogP contribution is 2.18. The van der Waals surface area contributed by atoms with E-state index in [9.17, 15) is 9.59 Å². The van der Waals surface area contributed by atoms with Gasteiger partial charge in [-0.05, 0) is 31.3 Å². The van der Waals surface area contributed by atoms with Gasteiger partial charge in [0.15, 0.2) is 0 Å². The highest BCUT2D eigenvalue weighted by atomic mass is 16.2. The molecule has 24 heavy (non-hydrogen) atoms. The number of carbonyl (C=O) groups is 1. The van der Waals surface area contributed by atoms with Gasteiger partial charge in [0.25, 0.3) is 5.91 Å². The Hall–Kier alpha value is -1.92. The summed E-state index contributed by atoms with van der Waals surface area (Å²) >= 11 is 0. The first kappa shape index (κ1) is 16.9. The lowest BCUT2D eigenvalue weighted by atomic mass is 10.1. The lowest BCUT2D eigenvalue weighted by Gasteiger charge is -2.34. The lowest BCUT2D eigenvalue weighted by molar-refractivity contribution is 0.0654. The van der Waals surface area contributed by atoms with E-state index in [0.29, 0.717) is 19.6 Å². The van der Waals surface area contributed by atoms with Crippen molar-refractivity contribution in [2.75, 3.05) is 70.9 Å². The molecule has 1 amide bonds. The first-order chi connectivity index (χ1) is 11.7. The second kappa shape index (κ2) is 7.77. The number of nitrogens with zero attached hydrogens (tertiary/aromatic N) is 4. The van der Waals surface area contributed by atoms with Crippen molar-refractivity contribution in [3.63, 3.8) is 0 Å². The maximum Gasteiger partial charge on any atom is 0.253 e. The average Bonchev–Trinajstić information content (AvgIpc) is 2.63. The topological polar surface area (TPSA) is 47.1 Å². The van der Waals surface area contributed by atoms with Gasteiger partial charge in [-0.3, -0.25) is 14.5 Å². The molecule has 1 aromatic carbocycles. The molecule has 0 saturated carbocycles. The molecule has 0 bridgehead atoms. The van der Waals surface area contributed by atoms with E-state index in [2.05, 4.69) is 29.0 Å². The van der Waals surface area contributed by atoms with Crippen molar-refractivity contribution < 1.29 is 9.59 Å². The smallest absolute Gasteiger partial charge is 0.253 e. The van der Waals surface area contributed by atoms with Crippen LogP contribution < -0.4 is 4.90 Å². The van der Waals surface area contributed by atoms with Gasteiger partial charge >= 0.3 is 0 Å². The van der Waals surface area contributed by atoms with E-state index in [1.54, 1.807) is 0 Å². The van der Waals surface area contributed by atoms with Gasteiger partial charge in [0.2, 0.25) is 6.29 Å². The minimum Gasteiger partial charge on any atom is -0.369 e. The Morgan fingerprint density at radius 2 is 1.58 bits per heavy atom. The zero-order valence-corrected chi connectivity index (χ0v) is 14.3. The first-order valence-corrected chi connectivity index (χ1v) is 8.57. The van der Waals surface area contributed by atoms with Crippen LogP contribution in [0.4, 0.5) is 5.69 Å². The molecule has 0 atom stereocenters. The van der Waals surface area contributed by atoms with Crippen LogP contribution >= 0.6 is 0 Å². The Balaban J connectivity index is 1.57. The number of carbonyl (C=O) groups excluding carboxylic acids is 2. The van der Waals surface area contributed by atoms with E-state index in [1.807, 2.05) is 28.2 Å². The van der Waals surface area contributed by atoms with Crippen LogP contribution in [-0.4, -0.2) is 92.8 Å². The Kier molecular flexibility index (Phi) is 5.48. The third kappa shape index (κ3) is 3.94. The van der Waals surface area contributed by atoms with Crippen molar-refractivity contribution in [2.24, 2.45) is 0 Å². The van der Waals surface area contributed by atoms with Gasteiger partial charge in [-0.15, -0.1) is 0 Å². The number of rotatable bonds is 4. The minimum atomic E-state index is 0.0784. The molecule has 6 nitrogen and oxygen atoms in total. The van der Waals surface area contributed by atoms with Crippen LogP contribution in [0, 0.1) is 0 Å². The number of hydrogen-bond donors (Lipinski definition) is 0. The molecule has 129 valence electrons. The van der Waals surface area contributed by atoms with E-state index in [1.165, 1.54) is 5.69 Å². The molecule has 0 unspecified atom stereocenters. The number of amides is 1. The molecule has 0 aliphatic carbocycles. The normalized spacial score (nSPS) is 20.2. The second-order valence-corrected chi connectivity index (χ2v) is 6.55. The van der Waals surface area contributed by atoms with Gasteiger partial charge in [-0.2, -0.15) is 0 Å². The van der Waals surface area contributed by atoms with Crippen molar-refractivity contribution in [3.8, 4) is 0 Å². The molecule has 0 spiro atoms. The summed E-state index contributed by atoms with van der Waals surface area (Å²) in [6.07, 6.45) is 1.92. The Morgan fingerprint density at radius 3 is 2.17 bits per heavy atom. The standard InChI is InChI=1S/C18H25N4O2/c1-19-6-10-21(11-7-19)17-4-2-16(3-5-17)18(24)22-12-8-20(9-13-22)14-15-23/h2-5H,6-14H2,1H3. The van der Waals surface area contributed by atoms with E-state index in [-0.39, 0.29) is 5.91 Å². The van der Waals surface area contributed by atoms with E-state index < -0.39 is 0 Å². The summed E-state index contributed by atoms with van der Waals surface area (Å²) in [5, 5.41) is 0. The van der Waals surface area contributed by atoms with Crippen LogP contribution in [0.15, 0.2) is 24.3 Å². The molecule has 2 saturated heterocycles. The molecule has 6 heteroatoms. The summed E-state index contributed by atoms with van der Waals surface area (Å²) in [6.45, 7) is 7.34. The highest BCUT2D eigenvalue weighted by Gasteiger charge is 2.22. The third-order valence-electron chi connectivity index (χ3n) is 4.93. The average molecular weight is 329 g/mol. The fourth-order valence-corrected chi connectivity index (χ4v) is 3.26. The Labute approximate surface area is 143 Å². The van der Waals surface area contributed by atoms with Gasteiger partial charge < -0.3 is 14.7 Å². The van der Waals surface area contributed by atoms with Crippen LogP contribution in [-0.2, 0) is 4.79 Å². The summed E-state index contributed by atoms with van der Waals surface area (Å²) in [5.41, 5.74) is 1.93. The van der Waals surface area contributed by atoms with Crippen LogP contribution in [0.25, 0.3) is 0 Å². The fourth-order valence-electron chi connectivity index (χ4n) is 3.26. The summed E-state index contributed by atoms with van der Waals surface area (Å²) < 4.78 is 0. The van der Waals surface area contributed by atoms with Crippen molar-refractivity contribution in [2.45, 2.75) is 0 Å². The van der Waals surface area contributed by atoms with Crippen molar-refractivity contribution in [1.29, 1.82) is 0 Å². The van der Waals surface area contributed by atoms with Crippen molar-refractivity contribution >= 4 is 17.9 Å². The van der Waals surface area contributed by atoms with Crippen molar-refractivity contribution in [3.05, 3.63) is 29.8 Å². The Morgan fingerprint density at radius 1 is 0.958 bits per heavy atom. The fraction of sp³-hybridized carbons (Fsp3) is 0.556. The van der Waals surface area contributed by atoms with E-state index in [4.69, 9.17) is 0 Å². The van der Waals surface area contributed by atoms with Gasteiger partial charge in [0, 0.05) is 63.6 Å². The van der Waals surface area contributed by atoms with Gasteiger partial charge in [-0.25, -0.2) is 0 Å². The molecule has 0 N–H and O–H groups in total. The van der Waals surface area contributed by atoms with E-state index in [0.717, 1.165) is 44.8 Å². The number of likely N-dealkylation sites (N-methyl/N-ethyl adjacent to an activating group) is 1. The molecule has 2 aliphatic rings. The molecule has 1 aromatic rings. The molecule has 1 radical (unpaired) electrons. The molecule has 2 heterocycles. The Bertz CT molecular complexity index is 559. The number of benzene rings is 1. The van der Waals surface area contributed by atoms with Crippen molar-refractivity contribution in [1.82, 2.24) is 14.7 Å². The van der Waals surface area contributed by atoms with E-state index >= 15 is 0 Å². The first-order valence-electron chi connectivity index (χ1n) is 8.57. The molecule has 3 rings (SSSR count). The van der Waals surface area contributed by atoms with Crippen LogP contribution in [0.2, 0.25) is 0 Å². The lowest BCUT2D eigenvalue weighted by Crippen LogP contribution is -2.49. The van der Waals surface area contributed by atoms with Gasteiger partial charge in [0.05, 0.1) is 6.54 Å². The molecule has 0 aromatic heterocycles. The van der Waals surface area contributed by atoms with Crippen LogP contribution in [0.1, 0.15) is 10.4 Å². The summed E-state index contributed by atoms with van der Waals surface area (Å²) in [4.78, 5) is 31.6. The number of anilines is 1. The largest absolute Gasteiger partial charge is 0.369 e. The van der Waals surface area contributed by atoms with Crippen LogP contribution in [0.3, 0.4) is 0 Å². The zero-order valence-electron chi connectivity index (χ0n) is 14.3. The highest BCUT2D eigenvalue weighted by molar-refractivity contribution is 5.94.